The predicted octanol–water partition coefficient (Wildman–Crippen LogP) is 2.38. The van der Waals surface area contributed by atoms with Crippen molar-refractivity contribution in [2.75, 3.05) is 7.05 Å². The average Bonchev–Trinajstić information content (AvgIpc) is 2.30. The first-order valence-corrected chi connectivity index (χ1v) is 5.07. The summed E-state index contributed by atoms with van der Waals surface area (Å²) in [4.78, 5) is 5.02. The Labute approximate surface area is 82.2 Å². The van der Waals surface area contributed by atoms with E-state index in [2.05, 4.69) is 10.3 Å². The lowest BCUT2D eigenvalue weighted by atomic mass is 10.1. The van der Waals surface area contributed by atoms with Gasteiger partial charge in [0, 0.05) is 6.54 Å². The van der Waals surface area contributed by atoms with Crippen LogP contribution in [0, 0.1) is 6.92 Å². The third-order valence-electron chi connectivity index (χ3n) is 1.71. The van der Waals surface area contributed by atoms with Crippen LogP contribution in [0.15, 0.2) is 0 Å². The van der Waals surface area contributed by atoms with Crippen LogP contribution in [0.1, 0.15) is 29.4 Å². The second kappa shape index (κ2) is 3.72. The summed E-state index contributed by atoms with van der Waals surface area (Å²) >= 11 is 1.44. The van der Waals surface area contributed by atoms with Gasteiger partial charge in [-0.3, -0.25) is 0 Å². The van der Waals surface area contributed by atoms with Crippen molar-refractivity contribution in [2.45, 2.75) is 33.0 Å². The molecular weight excluding hydrogens is 187 g/mol. The van der Waals surface area contributed by atoms with Gasteiger partial charge < -0.3 is 5.32 Å². The summed E-state index contributed by atoms with van der Waals surface area (Å²) in [6, 6.07) is 0. The van der Waals surface area contributed by atoms with E-state index in [1.54, 1.807) is 13.8 Å². The molecule has 13 heavy (non-hydrogen) atoms. The standard InChI is InChI=1S/C9H15FN2S/c1-6-8(9(2,3)10)13-7(12-6)5-11-4/h11H,5H2,1-4H3. The number of thiazole rings is 1. The zero-order valence-electron chi connectivity index (χ0n) is 8.44. The lowest BCUT2D eigenvalue weighted by molar-refractivity contribution is 0.225. The third-order valence-corrected chi connectivity index (χ3v) is 3.17. The number of aryl methyl sites for hydroxylation is 1. The summed E-state index contributed by atoms with van der Waals surface area (Å²) in [6.07, 6.45) is 0. The number of halogens is 1. The van der Waals surface area contributed by atoms with Gasteiger partial charge in [-0.25, -0.2) is 9.37 Å². The molecule has 0 radical (unpaired) electrons. The Morgan fingerprint density at radius 2 is 2.15 bits per heavy atom. The molecule has 0 aliphatic heterocycles. The summed E-state index contributed by atoms with van der Waals surface area (Å²) in [7, 11) is 1.86. The Kier molecular flexibility index (Phi) is 3.03. The average molecular weight is 202 g/mol. The maximum atomic E-state index is 13.6. The van der Waals surface area contributed by atoms with Crippen LogP contribution in [-0.4, -0.2) is 12.0 Å². The van der Waals surface area contributed by atoms with Crippen molar-refractivity contribution in [1.82, 2.24) is 10.3 Å². The van der Waals surface area contributed by atoms with Gasteiger partial charge in [0.05, 0.1) is 10.6 Å². The molecule has 1 aromatic rings. The van der Waals surface area contributed by atoms with Crippen LogP contribution < -0.4 is 5.32 Å². The molecule has 1 aromatic heterocycles. The number of nitrogens with one attached hydrogen (secondary N) is 1. The Morgan fingerprint density at radius 3 is 2.54 bits per heavy atom. The van der Waals surface area contributed by atoms with Gasteiger partial charge in [-0.2, -0.15) is 0 Å². The second-order valence-corrected chi connectivity index (χ2v) is 4.61. The Hall–Kier alpha value is -0.480. The van der Waals surface area contributed by atoms with Gasteiger partial charge in [0.2, 0.25) is 0 Å². The largest absolute Gasteiger partial charge is 0.314 e. The first kappa shape index (κ1) is 10.6. The van der Waals surface area contributed by atoms with Crippen LogP contribution in [0.25, 0.3) is 0 Å². The monoisotopic (exact) mass is 202 g/mol. The highest BCUT2D eigenvalue weighted by Crippen LogP contribution is 2.32. The summed E-state index contributed by atoms with van der Waals surface area (Å²) in [5.41, 5.74) is -0.462. The van der Waals surface area contributed by atoms with Gasteiger partial charge in [-0.05, 0) is 27.8 Å². The fraction of sp³-hybridized carbons (Fsp3) is 0.667. The van der Waals surface area contributed by atoms with Crippen molar-refractivity contribution < 1.29 is 4.39 Å². The van der Waals surface area contributed by atoms with Crippen LogP contribution in [-0.2, 0) is 12.2 Å². The fourth-order valence-electron chi connectivity index (χ4n) is 1.23. The molecule has 0 saturated heterocycles. The molecular formula is C9H15FN2S. The maximum Gasteiger partial charge on any atom is 0.141 e. The van der Waals surface area contributed by atoms with E-state index >= 15 is 0 Å². The summed E-state index contributed by atoms with van der Waals surface area (Å²) < 4.78 is 13.6. The molecule has 4 heteroatoms. The van der Waals surface area contributed by atoms with Gasteiger partial charge in [0.25, 0.3) is 0 Å². The van der Waals surface area contributed by atoms with E-state index in [1.165, 1.54) is 11.3 Å². The van der Waals surface area contributed by atoms with E-state index in [0.29, 0.717) is 6.54 Å². The van der Waals surface area contributed by atoms with Gasteiger partial charge in [0.15, 0.2) is 0 Å². The van der Waals surface area contributed by atoms with Gasteiger partial charge in [-0.15, -0.1) is 11.3 Å². The van der Waals surface area contributed by atoms with Crippen LogP contribution in [0.2, 0.25) is 0 Å². The number of alkyl halides is 1. The highest BCUT2D eigenvalue weighted by molar-refractivity contribution is 7.11. The minimum absolute atomic E-state index is 0.710. The van der Waals surface area contributed by atoms with Gasteiger partial charge in [0.1, 0.15) is 10.7 Å². The molecule has 1 N–H and O–H groups in total. The molecule has 0 amide bonds. The molecule has 0 saturated carbocycles. The summed E-state index contributed by atoms with van der Waals surface area (Å²) in [5, 5.41) is 3.95. The van der Waals surface area contributed by atoms with Crippen molar-refractivity contribution in [1.29, 1.82) is 0 Å². The zero-order valence-corrected chi connectivity index (χ0v) is 9.26. The fourth-order valence-corrected chi connectivity index (χ4v) is 2.30. The number of aromatic nitrogens is 1. The number of rotatable bonds is 3. The molecule has 0 aliphatic carbocycles. The Bertz CT molecular complexity index is 288. The lowest BCUT2D eigenvalue weighted by Gasteiger charge is -2.11. The zero-order chi connectivity index (χ0) is 10.1. The number of nitrogens with zero attached hydrogens (tertiary/aromatic N) is 1. The van der Waals surface area contributed by atoms with Crippen LogP contribution in [0.4, 0.5) is 4.39 Å². The first-order chi connectivity index (χ1) is 5.95. The first-order valence-electron chi connectivity index (χ1n) is 4.25. The molecule has 1 rings (SSSR count). The minimum atomic E-state index is -1.27. The molecule has 0 fully saturated rings. The van der Waals surface area contributed by atoms with E-state index in [0.717, 1.165) is 15.6 Å². The normalized spacial score (nSPS) is 12.1. The number of hydrogen-bond acceptors (Lipinski definition) is 3. The summed E-state index contributed by atoms with van der Waals surface area (Å²) in [6.45, 7) is 5.70. The molecule has 0 unspecified atom stereocenters. The highest BCUT2D eigenvalue weighted by atomic mass is 32.1. The van der Waals surface area contributed by atoms with Crippen molar-refractivity contribution in [3.05, 3.63) is 15.6 Å². The molecule has 0 spiro atoms. The van der Waals surface area contributed by atoms with E-state index in [9.17, 15) is 4.39 Å². The predicted molar refractivity (Wildman–Crippen MR) is 53.7 cm³/mol. The molecule has 74 valence electrons. The highest BCUT2D eigenvalue weighted by Gasteiger charge is 2.24. The van der Waals surface area contributed by atoms with E-state index in [-0.39, 0.29) is 0 Å². The molecule has 0 atom stereocenters. The maximum absolute atomic E-state index is 13.6. The molecule has 0 aliphatic rings. The van der Waals surface area contributed by atoms with Crippen molar-refractivity contribution in [3.8, 4) is 0 Å². The van der Waals surface area contributed by atoms with E-state index in [4.69, 9.17) is 0 Å². The van der Waals surface area contributed by atoms with Crippen molar-refractivity contribution in [3.63, 3.8) is 0 Å². The topological polar surface area (TPSA) is 24.9 Å². The smallest absolute Gasteiger partial charge is 0.141 e. The van der Waals surface area contributed by atoms with Gasteiger partial charge in [-0.1, -0.05) is 0 Å². The molecule has 2 nitrogen and oxygen atoms in total. The van der Waals surface area contributed by atoms with Gasteiger partial charge >= 0.3 is 0 Å². The van der Waals surface area contributed by atoms with Crippen LogP contribution >= 0.6 is 11.3 Å². The van der Waals surface area contributed by atoms with E-state index in [1.807, 2.05) is 14.0 Å². The summed E-state index contributed by atoms with van der Waals surface area (Å²) in [5.74, 6) is 0. The second-order valence-electron chi connectivity index (χ2n) is 3.52. The lowest BCUT2D eigenvalue weighted by Crippen LogP contribution is -2.07. The Morgan fingerprint density at radius 1 is 1.54 bits per heavy atom. The van der Waals surface area contributed by atoms with Crippen molar-refractivity contribution in [2.24, 2.45) is 0 Å². The number of hydrogen-bond donors (Lipinski definition) is 1. The minimum Gasteiger partial charge on any atom is -0.314 e. The van der Waals surface area contributed by atoms with Crippen LogP contribution in [0.5, 0.6) is 0 Å². The quantitative estimate of drug-likeness (QED) is 0.814. The molecule has 0 aromatic carbocycles. The molecule has 0 bridgehead atoms. The Balaban J connectivity index is 2.96. The van der Waals surface area contributed by atoms with Crippen LogP contribution in [0.3, 0.4) is 0 Å². The SMILES string of the molecule is CNCc1nc(C)c(C(C)(C)F)s1. The third kappa shape index (κ3) is 2.48. The van der Waals surface area contributed by atoms with E-state index < -0.39 is 5.67 Å². The van der Waals surface area contributed by atoms with Crippen molar-refractivity contribution >= 4 is 11.3 Å². The molecule has 1 heterocycles.